The van der Waals surface area contributed by atoms with Gasteiger partial charge in [0.15, 0.2) is 0 Å². The molecule has 9 rings (SSSR count). The van der Waals surface area contributed by atoms with Crippen molar-refractivity contribution in [3.05, 3.63) is 95.8 Å². The molecule has 2 aromatic heterocycles. The van der Waals surface area contributed by atoms with Gasteiger partial charge in [0.2, 0.25) is 23.6 Å². The van der Waals surface area contributed by atoms with Crippen LogP contribution in [0.25, 0.3) is 22.0 Å². The molecular formula is C42H44N8O4. The van der Waals surface area contributed by atoms with Gasteiger partial charge in [0.25, 0.3) is 0 Å². The number of aromatic nitrogens is 3. The third-order valence-electron chi connectivity index (χ3n) is 11.1. The molecule has 1 atom stereocenters. The number of likely N-dealkylation sites (tertiary alicyclic amines) is 1. The molecule has 0 spiro atoms. The standard InChI is InChI=1S/C42H44N8O4/c1-26-36(22-44-41-39(26)43-16-19-53-41)29-4-5-30-21-45-42(47-37(30)20-29)46-31-8-2-27(3-9-31)23-49-24-34(25-49)54-33-14-17-50(18-15-33)32-10-6-28(7-11-32)35-12-13-38(51)48-40(35)52/h2-11,20-22,33-35,43H,12-19,23-25H2,1H3,(H,45,46,47)(H,48,51,52). The second-order valence-corrected chi connectivity index (χ2v) is 14.8. The number of pyridine rings is 1. The van der Waals surface area contributed by atoms with Crippen molar-refractivity contribution in [2.24, 2.45) is 0 Å². The highest BCUT2D eigenvalue weighted by molar-refractivity contribution is 6.01. The molecule has 3 N–H and O–H groups in total. The molecule has 54 heavy (non-hydrogen) atoms. The van der Waals surface area contributed by atoms with Crippen molar-refractivity contribution in [3.63, 3.8) is 0 Å². The highest BCUT2D eigenvalue weighted by atomic mass is 16.5. The van der Waals surface area contributed by atoms with Gasteiger partial charge in [-0.15, -0.1) is 0 Å². The van der Waals surface area contributed by atoms with Crippen LogP contribution in [-0.2, 0) is 20.9 Å². The Hall–Kier alpha value is -5.59. The van der Waals surface area contributed by atoms with Gasteiger partial charge in [-0.1, -0.05) is 36.4 Å². The van der Waals surface area contributed by atoms with E-state index in [1.165, 1.54) is 11.3 Å². The van der Waals surface area contributed by atoms with Crippen molar-refractivity contribution in [1.29, 1.82) is 0 Å². The fraction of sp³-hybridized carbons (Fsp3) is 0.357. The summed E-state index contributed by atoms with van der Waals surface area (Å²) >= 11 is 0. The normalized spacial score (nSPS) is 19.4. The number of imide groups is 1. The highest BCUT2D eigenvalue weighted by Gasteiger charge is 2.32. The van der Waals surface area contributed by atoms with E-state index in [4.69, 9.17) is 14.5 Å². The van der Waals surface area contributed by atoms with Crippen molar-refractivity contribution in [3.8, 4) is 17.0 Å². The van der Waals surface area contributed by atoms with Gasteiger partial charge in [-0.2, -0.15) is 0 Å². The van der Waals surface area contributed by atoms with Gasteiger partial charge in [-0.05, 0) is 78.8 Å². The lowest BCUT2D eigenvalue weighted by Crippen LogP contribution is -2.53. The van der Waals surface area contributed by atoms with Gasteiger partial charge in [0.05, 0.1) is 23.6 Å². The minimum Gasteiger partial charge on any atom is -0.474 e. The number of benzene rings is 3. The number of fused-ring (bicyclic) bond motifs is 2. The van der Waals surface area contributed by atoms with Crippen molar-refractivity contribution >= 4 is 45.7 Å². The lowest BCUT2D eigenvalue weighted by atomic mass is 9.90. The molecule has 12 heteroatoms. The topological polar surface area (TPSA) is 134 Å². The molecule has 6 heterocycles. The smallest absolute Gasteiger partial charge is 0.237 e. The molecule has 0 radical (unpaired) electrons. The summed E-state index contributed by atoms with van der Waals surface area (Å²) in [5.74, 6) is 0.597. The molecule has 4 aliphatic rings. The molecule has 3 fully saturated rings. The molecule has 3 aromatic carbocycles. The number of nitrogens with one attached hydrogen (secondary N) is 3. The second kappa shape index (κ2) is 14.7. The SMILES string of the molecule is Cc1c(-c2ccc3cnc(Nc4ccc(CN5CC(OC6CCN(c7ccc(C8CCC(=O)NC8=O)cc7)CC6)C5)cc4)nc3c2)cnc2c1NCCO2. The van der Waals surface area contributed by atoms with Crippen molar-refractivity contribution in [2.45, 2.75) is 57.3 Å². The number of hydrogen-bond acceptors (Lipinski definition) is 11. The van der Waals surface area contributed by atoms with Crippen LogP contribution in [0.3, 0.4) is 0 Å². The number of amides is 2. The number of carbonyl (C=O) groups is 2. The predicted molar refractivity (Wildman–Crippen MR) is 208 cm³/mol. The van der Waals surface area contributed by atoms with Crippen LogP contribution < -0.4 is 25.6 Å². The Bertz CT molecular complexity index is 2180. The van der Waals surface area contributed by atoms with E-state index < -0.39 is 0 Å². The summed E-state index contributed by atoms with van der Waals surface area (Å²) in [6, 6.07) is 23.0. The third-order valence-corrected chi connectivity index (χ3v) is 11.1. The minimum absolute atomic E-state index is 0.180. The fourth-order valence-electron chi connectivity index (χ4n) is 8.03. The number of piperidine rings is 2. The maximum Gasteiger partial charge on any atom is 0.237 e. The van der Waals surface area contributed by atoms with Crippen molar-refractivity contribution in [2.75, 3.05) is 54.9 Å². The first kappa shape index (κ1) is 34.2. The largest absolute Gasteiger partial charge is 0.474 e. The molecule has 4 aliphatic heterocycles. The molecule has 1 unspecified atom stereocenters. The van der Waals surface area contributed by atoms with Gasteiger partial charge in [0.1, 0.15) is 12.3 Å². The van der Waals surface area contributed by atoms with E-state index in [1.807, 2.05) is 24.5 Å². The van der Waals surface area contributed by atoms with E-state index in [0.717, 1.165) is 96.6 Å². The molecule has 5 aromatic rings. The van der Waals surface area contributed by atoms with Crippen LogP contribution in [0.2, 0.25) is 0 Å². The van der Waals surface area contributed by atoms with Crippen LogP contribution >= 0.6 is 0 Å². The average Bonchev–Trinajstić information content (AvgIpc) is 3.18. The number of nitrogens with zero attached hydrogens (tertiary/aromatic N) is 5. The van der Waals surface area contributed by atoms with Crippen LogP contribution in [0.15, 0.2) is 79.1 Å². The zero-order valence-corrected chi connectivity index (χ0v) is 30.4. The highest BCUT2D eigenvalue weighted by Crippen LogP contribution is 2.36. The van der Waals surface area contributed by atoms with Crippen LogP contribution in [0.5, 0.6) is 5.88 Å². The summed E-state index contributed by atoms with van der Waals surface area (Å²) in [6.07, 6.45) is 7.26. The molecule has 0 aliphatic carbocycles. The van der Waals surface area contributed by atoms with E-state index in [-0.39, 0.29) is 29.9 Å². The summed E-state index contributed by atoms with van der Waals surface area (Å²) in [4.78, 5) is 42.5. The van der Waals surface area contributed by atoms with E-state index in [0.29, 0.717) is 31.3 Å². The van der Waals surface area contributed by atoms with Crippen LogP contribution in [0.1, 0.15) is 48.3 Å². The van der Waals surface area contributed by atoms with E-state index in [2.05, 4.69) is 97.2 Å². The Kier molecular flexibility index (Phi) is 9.29. The Labute approximate surface area is 314 Å². The van der Waals surface area contributed by atoms with Gasteiger partial charge in [-0.25, -0.2) is 15.0 Å². The monoisotopic (exact) mass is 724 g/mol. The molecule has 2 amide bonds. The number of rotatable bonds is 9. The van der Waals surface area contributed by atoms with Gasteiger partial charge in [0, 0.05) is 80.4 Å². The van der Waals surface area contributed by atoms with Gasteiger partial charge in [-0.3, -0.25) is 19.8 Å². The fourth-order valence-corrected chi connectivity index (χ4v) is 8.03. The summed E-state index contributed by atoms with van der Waals surface area (Å²) in [7, 11) is 0. The third kappa shape index (κ3) is 7.19. The first-order valence-corrected chi connectivity index (χ1v) is 19.0. The maximum absolute atomic E-state index is 12.3. The van der Waals surface area contributed by atoms with Crippen molar-refractivity contribution in [1.82, 2.24) is 25.2 Å². The number of ether oxygens (including phenoxy) is 2. The van der Waals surface area contributed by atoms with E-state index in [1.54, 1.807) is 0 Å². The van der Waals surface area contributed by atoms with Gasteiger partial charge >= 0.3 is 0 Å². The number of carbonyl (C=O) groups excluding carboxylic acids is 2. The molecule has 12 nitrogen and oxygen atoms in total. The van der Waals surface area contributed by atoms with Crippen LogP contribution in [0.4, 0.5) is 23.0 Å². The average molecular weight is 725 g/mol. The summed E-state index contributed by atoms with van der Waals surface area (Å²) in [6.45, 7) is 8.16. The number of anilines is 4. The molecule has 276 valence electrons. The van der Waals surface area contributed by atoms with Crippen molar-refractivity contribution < 1.29 is 19.1 Å². The maximum atomic E-state index is 12.3. The second-order valence-electron chi connectivity index (χ2n) is 14.8. The van der Waals surface area contributed by atoms with E-state index in [9.17, 15) is 9.59 Å². The molecule has 0 bridgehead atoms. The first-order chi connectivity index (χ1) is 26.4. The quantitative estimate of drug-likeness (QED) is 0.156. The Morgan fingerprint density at radius 2 is 1.74 bits per heavy atom. The summed E-state index contributed by atoms with van der Waals surface area (Å²) in [5, 5.41) is 10.2. The first-order valence-electron chi connectivity index (χ1n) is 19.0. The van der Waals surface area contributed by atoms with Crippen LogP contribution in [0, 0.1) is 6.92 Å². The van der Waals surface area contributed by atoms with Crippen LogP contribution in [-0.4, -0.2) is 83.2 Å². The molecular weight excluding hydrogens is 681 g/mol. The lowest BCUT2D eigenvalue weighted by molar-refractivity contribution is -0.134. The number of hydrogen-bond donors (Lipinski definition) is 3. The summed E-state index contributed by atoms with van der Waals surface area (Å²) in [5.41, 5.74) is 9.37. The predicted octanol–water partition coefficient (Wildman–Crippen LogP) is 5.94. The Morgan fingerprint density at radius 3 is 2.54 bits per heavy atom. The minimum atomic E-state index is -0.246. The lowest BCUT2D eigenvalue weighted by Gasteiger charge is -2.42. The Morgan fingerprint density at radius 1 is 0.926 bits per heavy atom. The zero-order chi connectivity index (χ0) is 36.6. The van der Waals surface area contributed by atoms with Gasteiger partial charge < -0.3 is 25.0 Å². The van der Waals surface area contributed by atoms with E-state index >= 15 is 0 Å². The summed E-state index contributed by atoms with van der Waals surface area (Å²) < 4.78 is 12.2. The molecule has 3 saturated heterocycles. The Balaban J connectivity index is 0.733. The zero-order valence-electron chi connectivity index (χ0n) is 30.4. The molecule has 0 saturated carbocycles.